The summed E-state index contributed by atoms with van der Waals surface area (Å²) >= 11 is 1.72. The maximum Gasteiger partial charge on any atom is 0.133 e. The summed E-state index contributed by atoms with van der Waals surface area (Å²) in [4.78, 5) is 10.5. The van der Waals surface area contributed by atoms with Crippen molar-refractivity contribution < 1.29 is 0 Å². The van der Waals surface area contributed by atoms with Crippen LogP contribution in [0.3, 0.4) is 0 Å². The van der Waals surface area contributed by atoms with Crippen molar-refractivity contribution in [2.75, 3.05) is 11.9 Å². The van der Waals surface area contributed by atoms with Crippen molar-refractivity contribution in [2.45, 2.75) is 51.0 Å². The molecule has 0 amide bonds. The van der Waals surface area contributed by atoms with E-state index >= 15 is 0 Å². The maximum atomic E-state index is 4.69. The zero-order valence-corrected chi connectivity index (χ0v) is 14.3. The third kappa shape index (κ3) is 3.76. The predicted octanol–water partition coefficient (Wildman–Crippen LogP) is 4.55. The van der Waals surface area contributed by atoms with Crippen LogP contribution in [0.25, 0.3) is 0 Å². The van der Waals surface area contributed by atoms with Gasteiger partial charge in [-0.3, -0.25) is 0 Å². The van der Waals surface area contributed by atoms with Gasteiger partial charge in [0.2, 0.25) is 0 Å². The van der Waals surface area contributed by atoms with Crippen LogP contribution in [-0.2, 0) is 6.42 Å². The van der Waals surface area contributed by atoms with Gasteiger partial charge in [0, 0.05) is 23.4 Å². The zero-order valence-electron chi connectivity index (χ0n) is 13.4. The van der Waals surface area contributed by atoms with Gasteiger partial charge in [-0.2, -0.15) is 0 Å². The molecule has 3 nitrogen and oxygen atoms in total. The number of nitrogens with zero attached hydrogens (tertiary/aromatic N) is 2. The summed E-state index contributed by atoms with van der Waals surface area (Å²) in [6, 6.07) is 6.55. The molecular weight excluding hydrogens is 278 g/mol. The summed E-state index contributed by atoms with van der Waals surface area (Å²) in [5.74, 6) is 1.85. The lowest BCUT2D eigenvalue weighted by atomic mass is 10.1. The van der Waals surface area contributed by atoms with Gasteiger partial charge in [0.25, 0.3) is 0 Å². The van der Waals surface area contributed by atoms with E-state index in [-0.39, 0.29) is 0 Å². The van der Waals surface area contributed by atoms with Crippen LogP contribution in [0, 0.1) is 20.8 Å². The second kappa shape index (κ2) is 6.94. The summed E-state index contributed by atoms with van der Waals surface area (Å²) in [6.07, 6.45) is 0.846. The Kier molecular flexibility index (Phi) is 5.23. The second-order valence-corrected chi connectivity index (χ2v) is 6.21. The number of benzene rings is 1. The highest BCUT2D eigenvalue weighted by Crippen LogP contribution is 2.32. The number of aryl methyl sites for hydroxylation is 3. The SMILES string of the molecule is CCNc1nc(CC)nc(Sc2ccc(C)c(C)c2)c1C. The summed E-state index contributed by atoms with van der Waals surface area (Å²) in [5, 5.41) is 4.38. The molecule has 0 aliphatic heterocycles. The van der Waals surface area contributed by atoms with Gasteiger partial charge in [-0.25, -0.2) is 9.97 Å². The molecule has 1 aromatic heterocycles. The molecule has 0 unspecified atom stereocenters. The molecule has 0 fully saturated rings. The van der Waals surface area contributed by atoms with Crippen LogP contribution in [0.2, 0.25) is 0 Å². The smallest absolute Gasteiger partial charge is 0.133 e. The van der Waals surface area contributed by atoms with E-state index in [4.69, 9.17) is 4.98 Å². The first-order chi connectivity index (χ1) is 10.0. The Morgan fingerprint density at radius 1 is 1.05 bits per heavy atom. The van der Waals surface area contributed by atoms with E-state index in [1.54, 1.807) is 11.8 Å². The molecule has 4 heteroatoms. The summed E-state index contributed by atoms with van der Waals surface area (Å²) in [6.45, 7) is 11.4. The third-order valence-electron chi connectivity index (χ3n) is 3.50. The predicted molar refractivity (Wildman–Crippen MR) is 90.3 cm³/mol. The van der Waals surface area contributed by atoms with Crippen molar-refractivity contribution in [2.24, 2.45) is 0 Å². The molecule has 0 aliphatic rings. The average molecular weight is 301 g/mol. The van der Waals surface area contributed by atoms with Crippen molar-refractivity contribution in [1.82, 2.24) is 9.97 Å². The van der Waals surface area contributed by atoms with Gasteiger partial charge in [-0.05, 0) is 51.0 Å². The number of anilines is 1. The van der Waals surface area contributed by atoms with E-state index in [2.05, 4.69) is 63.1 Å². The Hall–Kier alpha value is -1.55. The van der Waals surface area contributed by atoms with Crippen LogP contribution in [0.4, 0.5) is 5.82 Å². The molecule has 0 radical (unpaired) electrons. The molecule has 21 heavy (non-hydrogen) atoms. The Bertz CT molecular complexity index is 638. The lowest BCUT2D eigenvalue weighted by Crippen LogP contribution is -2.07. The van der Waals surface area contributed by atoms with Crippen LogP contribution in [0.1, 0.15) is 36.4 Å². The minimum atomic E-state index is 0.846. The number of aromatic nitrogens is 2. The van der Waals surface area contributed by atoms with Crippen molar-refractivity contribution in [3.05, 3.63) is 40.7 Å². The Labute approximate surface area is 131 Å². The minimum Gasteiger partial charge on any atom is -0.370 e. The normalized spacial score (nSPS) is 10.7. The van der Waals surface area contributed by atoms with Gasteiger partial charge in [0.05, 0.1) is 0 Å². The Balaban J connectivity index is 2.37. The maximum absolute atomic E-state index is 4.69. The number of rotatable bonds is 5. The topological polar surface area (TPSA) is 37.8 Å². The van der Waals surface area contributed by atoms with Gasteiger partial charge in [-0.1, -0.05) is 24.8 Å². The van der Waals surface area contributed by atoms with E-state index in [0.717, 1.165) is 35.2 Å². The van der Waals surface area contributed by atoms with Crippen LogP contribution < -0.4 is 5.32 Å². The van der Waals surface area contributed by atoms with E-state index in [1.807, 2.05) is 0 Å². The fourth-order valence-electron chi connectivity index (χ4n) is 2.03. The summed E-state index contributed by atoms with van der Waals surface area (Å²) in [5.41, 5.74) is 3.76. The van der Waals surface area contributed by atoms with Gasteiger partial charge < -0.3 is 5.32 Å². The average Bonchev–Trinajstić information content (AvgIpc) is 2.47. The highest BCUT2D eigenvalue weighted by atomic mass is 32.2. The van der Waals surface area contributed by atoms with Gasteiger partial charge >= 0.3 is 0 Å². The molecule has 0 saturated carbocycles. The van der Waals surface area contributed by atoms with Crippen LogP contribution >= 0.6 is 11.8 Å². The highest BCUT2D eigenvalue weighted by Gasteiger charge is 2.11. The molecular formula is C17H23N3S. The van der Waals surface area contributed by atoms with Crippen molar-refractivity contribution >= 4 is 17.6 Å². The second-order valence-electron chi connectivity index (χ2n) is 5.15. The largest absolute Gasteiger partial charge is 0.370 e. The molecule has 0 spiro atoms. The first kappa shape index (κ1) is 15.8. The van der Waals surface area contributed by atoms with Crippen molar-refractivity contribution in [3.63, 3.8) is 0 Å². The summed E-state index contributed by atoms with van der Waals surface area (Å²) < 4.78 is 0. The standard InChI is InChI=1S/C17H23N3S/c1-6-15-19-16(18-7-2)13(5)17(20-15)21-14-9-8-11(3)12(4)10-14/h8-10H,6-7H2,1-5H3,(H,18,19,20). The van der Waals surface area contributed by atoms with Crippen LogP contribution in [-0.4, -0.2) is 16.5 Å². The fraction of sp³-hybridized carbons (Fsp3) is 0.412. The minimum absolute atomic E-state index is 0.846. The lowest BCUT2D eigenvalue weighted by Gasteiger charge is -2.13. The Morgan fingerprint density at radius 2 is 1.81 bits per heavy atom. The monoisotopic (exact) mass is 301 g/mol. The first-order valence-electron chi connectivity index (χ1n) is 7.41. The van der Waals surface area contributed by atoms with Crippen LogP contribution in [0.5, 0.6) is 0 Å². The van der Waals surface area contributed by atoms with Gasteiger partial charge in [-0.15, -0.1) is 0 Å². The molecule has 1 aromatic carbocycles. The number of hydrogen-bond donors (Lipinski definition) is 1. The molecule has 0 saturated heterocycles. The highest BCUT2D eigenvalue weighted by molar-refractivity contribution is 7.99. The van der Waals surface area contributed by atoms with E-state index in [9.17, 15) is 0 Å². The summed E-state index contributed by atoms with van der Waals surface area (Å²) in [7, 11) is 0. The van der Waals surface area contributed by atoms with E-state index < -0.39 is 0 Å². The van der Waals surface area contributed by atoms with Crippen LogP contribution in [0.15, 0.2) is 28.1 Å². The fourth-order valence-corrected chi connectivity index (χ4v) is 3.02. The van der Waals surface area contributed by atoms with E-state index in [0.29, 0.717) is 0 Å². The molecule has 2 rings (SSSR count). The lowest BCUT2D eigenvalue weighted by molar-refractivity contribution is 0.870. The molecule has 1 N–H and O–H groups in total. The molecule has 0 bridgehead atoms. The zero-order chi connectivity index (χ0) is 15.4. The third-order valence-corrected chi connectivity index (χ3v) is 4.58. The molecule has 2 aromatic rings. The number of hydrogen-bond acceptors (Lipinski definition) is 4. The quantitative estimate of drug-likeness (QED) is 0.822. The number of nitrogens with one attached hydrogen (secondary N) is 1. The molecule has 0 aliphatic carbocycles. The molecule has 1 heterocycles. The molecule has 112 valence electrons. The first-order valence-corrected chi connectivity index (χ1v) is 8.23. The van der Waals surface area contributed by atoms with E-state index in [1.165, 1.54) is 16.0 Å². The van der Waals surface area contributed by atoms with Gasteiger partial charge in [0.1, 0.15) is 16.7 Å². The Morgan fingerprint density at radius 3 is 2.43 bits per heavy atom. The van der Waals surface area contributed by atoms with Gasteiger partial charge in [0.15, 0.2) is 0 Å². The van der Waals surface area contributed by atoms with Crippen molar-refractivity contribution in [1.29, 1.82) is 0 Å². The van der Waals surface area contributed by atoms with Crippen molar-refractivity contribution in [3.8, 4) is 0 Å². The molecule has 0 atom stereocenters.